The first kappa shape index (κ1) is 5.86. The van der Waals surface area contributed by atoms with Crippen LogP contribution in [0, 0.1) is 5.41 Å². The molecule has 0 unspecified atom stereocenters. The van der Waals surface area contributed by atoms with Crippen molar-refractivity contribution < 1.29 is 9.53 Å². The normalized spacial score (nSPS) is 46.6. The lowest BCUT2D eigenvalue weighted by molar-refractivity contribution is -0.120. The fraction of sp³-hybridized carbons (Fsp3) is 0.833. The van der Waals surface area contributed by atoms with E-state index >= 15 is 0 Å². The summed E-state index contributed by atoms with van der Waals surface area (Å²) in [6.45, 7) is 0.641. The van der Waals surface area contributed by atoms with E-state index in [4.69, 9.17) is 4.74 Å². The highest BCUT2D eigenvalue weighted by atomic mass is 79.9. The van der Waals surface area contributed by atoms with Gasteiger partial charge in [0.15, 0.2) is 0 Å². The quantitative estimate of drug-likeness (QED) is 0.580. The highest BCUT2D eigenvalue weighted by Crippen LogP contribution is 2.51. The van der Waals surface area contributed by atoms with Crippen LogP contribution < -0.4 is 0 Å². The maximum absolute atomic E-state index is 10.8. The molecular formula is C6H7BrO2. The predicted molar refractivity (Wildman–Crippen MR) is 35.3 cm³/mol. The molecule has 0 radical (unpaired) electrons. The Morgan fingerprint density at radius 2 is 2.33 bits per heavy atom. The van der Waals surface area contributed by atoms with Crippen molar-refractivity contribution in [3.8, 4) is 0 Å². The maximum atomic E-state index is 10.8. The number of ether oxygens (including phenoxy) is 1. The van der Waals surface area contributed by atoms with Crippen LogP contribution in [-0.2, 0) is 9.53 Å². The van der Waals surface area contributed by atoms with Crippen LogP contribution >= 0.6 is 15.9 Å². The molecule has 2 bridgehead atoms. The molecule has 0 amide bonds. The zero-order valence-electron chi connectivity index (χ0n) is 4.89. The van der Waals surface area contributed by atoms with E-state index in [-0.39, 0.29) is 10.1 Å². The van der Waals surface area contributed by atoms with Gasteiger partial charge in [-0.25, -0.2) is 0 Å². The van der Waals surface area contributed by atoms with Crippen molar-refractivity contribution in [2.75, 3.05) is 6.61 Å². The number of carbonyl (C=O) groups excluding carboxylic acids is 1. The van der Waals surface area contributed by atoms with E-state index in [2.05, 4.69) is 15.9 Å². The Bertz CT molecular complexity index is 155. The summed E-state index contributed by atoms with van der Waals surface area (Å²) in [7, 11) is 0. The van der Waals surface area contributed by atoms with Crippen molar-refractivity contribution in [3.05, 3.63) is 0 Å². The summed E-state index contributed by atoms with van der Waals surface area (Å²) in [6, 6.07) is 0. The Labute approximate surface area is 61.7 Å². The van der Waals surface area contributed by atoms with E-state index in [1.807, 2.05) is 0 Å². The van der Waals surface area contributed by atoms with Gasteiger partial charge in [0.1, 0.15) is 0 Å². The molecule has 2 nitrogen and oxygen atoms in total. The molecule has 9 heavy (non-hydrogen) atoms. The zero-order valence-corrected chi connectivity index (χ0v) is 6.48. The average molecular weight is 191 g/mol. The Morgan fingerprint density at radius 1 is 1.67 bits per heavy atom. The molecule has 2 saturated heterocycles. The molecule has 1 saturated carbocycles. The monoisotopic (exact) mass is 190 g/mol. The van der Waals surface area contributed by atoms with E-state index < -0.39 is 0 Å². The molecule has 1 aliphatic carbocycles. The molecule has 2 heterocycles. The van der Waals surface area contributed by atoms with Gasteiger partial charge in [0, 0.05) is 0 Å². The number of hydrogen-bond donors (Lipinski definition) is 0. The second-order valence-corrected chi connectivity index (χ2v) is 3.62. The second-order valence-electron chi connectivity index (χ2n) is 2.90. The van der Waals surface area contributed by atoms with Crippen LogP contribution in [0.4, 0.5) is 0 Å². The summed E-state index contributed by atoms with van der Waals surface area (Å²) in [4.78, 5) is 10.8. The molecular weight excluding hydrogens is 184 g/mol. The van der Waals surface area contributed by atoms with Gasteiger partial charge < -0.3 is 4.74 Å². The van der Waals surface area contributed by atoms with Crippen molar-refractivity contribution in [3.63, 3.8) is 0 Å². The predicted octanol–water partition coefficient (Wildman–Crippen LogP) is 1.09. The molecule has 0 aromatic heterocycles. The number of rotatable bonds is 1. The van der Waals surface area contributed by atoms with E-state index in [0.29, 0.717) is 12.7 Å². The lowest BCUT2D eigenvalue weighted by Crippen LogP contribution is -2.37. The fourth-order valence-electron chi connectivity index (χ4n) is 1.54. The SMILES string of the molecule is O=C(Br)C12COC(C1)C2. The third-order valence-electron chi connectivity index (χ3n) is 2.25. The van der Waals surface area contributed by atoms with Crippen molar-refractivity contribution in [1.29, 1.82) is 0 Å². The van der Waals surface area contributed by atoms with Crippen LogP contribution in [0.2, 0.25) is 0 Å². The fourth-order valence-corrected chi connectivity index (χ4v) is 1.98. The molecule has 50 valence electrons. The molecule has 3 rings (SSSR count). The van der Waals surface area contributed by atoms with E-state index in [1.54, 1.807) is 0 Å². The molecule has 3 heteroatoms. The lowest BCUT2D eigenvalue weighted by Gasteiger charge is -2.31. The Hall–Kier alpha value is 0.110. The summed E-state index contributed by atoms with van der Waals surface area (Å²) >= 11 is 2.98. The molecule has 0 N–H and O–H groups in total. The van der Waals surface area contributed by atoms with Gasteiger partial charge in [-0.15, -0.1) is 0 Å². The van der Waals surface area contributed by atoms with Crippen molar-refractivity contribution in [1.82, 2.24) is 0 Å². The Kier molecular flexibility index (Phi) is 1.03. The average Bonchev–Trinajstić information content (AvgIpc) is 2.13. The van der Waals surface area contributed by atoms with E-state index in [1.165, 1.54) is 0 Å². The first-order valence-electron chi connectivity index (χ1n) is 3.04. The van der Waals surface area contributed by atoms with E-state index in [9.17, 15) is 4.79 Å². The molecule has 3 fully saturated rings. The summed E-state index contributed by atoms with van der Waals surface area (Å²) < 4.78 is 5.37. The minimum atomic E-state index is -0.106. The van der Waals surface area contributed by atoms with Crippen LogP contribution in [0.3, 0.4) is 0 Å². The van der Waals surface area contributed by atoms with Gasteiger partial charge in [-0.2, -0.15) is 0 Å². The third-order valence-corrected chi connectivity index (χ3v) is 3.09. The largest absolute Gasteiger partial charge is 0.377 e. The molecule has 0 atom stereocenters. The molecule has 0 aromatic carbocycles. The van der Waals surface area contributed by atoms with Gasteiger partial charge >= 0.3 is 0 Å². The first-order valence-corrected chi connectivity index (χ1v) is 3.84. The number of halogens is 1. The second kappa shape index (κ2) is 1.58. The maximum Gasteiger partial charge on any atom is 0.206 e. The molecule has 3 aliphatic rings. The van der Waals surface area contributed by atoms with Crippen LogP contribution in [0.5, 0.6) is 0 Å². The standard InChI is InChI=1S/C6H7BrO2/c7-5(8)6-1-4(2-6)9-3-6/h4H,1-3H2. The molecule has 2 aliphatic heterocycles. The number of carbonyl (C=O) groups is 1. The highest BCUT2D eigenvalue weighted by molar-refractivity contribution is 9.18. The van der Waals surface area contributed by atoms with Crippen molar-refractivity contribution in [2.24, 2.45) is 5.41 Å². The minimum Gasteiger partial charge on any atom is -0.377 e. The zero-order chi connectivity index (χ0) is 6.48. The summed E-state index contributed by atoms with van der Waals surface area (Å²) in [5.74, 6) is 0. The summed E-state index contributed by atoms with van der Waals surface area (Å²) in [5, 5.41) is 0. The van der Waals surface area contributed by atoms with Crippen molar-refractivity contribution >= 4 is 20.6 Å². The summed E-state index contributed by atoms with van der Waals surface area (Å²) in [5.41, 5.74) is -0.106. The van der Waals surface area contributed by atoms with Crippen LogP contribution in [0.15, 0.2) is 0 Å². The van der Waals surface area contributed by atoms with Crippen LogP contribution in [0.25, 0.3) is 0 Å². The van der Waals surface area contributed by atoms with Gasteiger partial charge in [-0.1, -0.05) is 0 Å². The first-order chi connectivity index (χ1) is 4.23. The minimum absolute atomic E-state index is 0.106. The van der Waals surface area contributed by atoms with E-state index in [0.717, 1.165) is 12.8 Å². The number of fused-ring (bicyclic) bond motifs is 1. The van der Waals surface area contributed by atoms with Gasteiger partial charge in [-0.3, -0.25) is 4.79 Å². The Balaban J connectivity index is 2.19. The highest BCUT2D eigenvalue weighted by Gasteiger charge is 2.55. The van der Waals surface area contributed by atoms with Gasteiger partial charge in [0.25, 0.3) is 0 Å². The van der Waals surface area contributed by atoms with Gasteiger partial charge in [-0.05, 0) is 28.8 Å². The summed E-state index contributed by atoms with van der Waals surface area (Å²) in [6.07, 6.45) is 2.28. The number of hydrogen-bond acceptors (Lipinski definition) is 2. The van der Waals surface area contributed by atoms with Crippen LogP contribution in [0.1, 0.15) is 12.8 Å². The smallest absolute Gasteiger partial charge is 0.206 e. The Morgan fingerprint density at radius 3 is 2.56 bits per heavy atom. The topological polar surface area (TPSA) is 26.3 Å². The molecule has 0 aromatic rings. The van der Waals surface area contributed by atoms with Gasteiger partial charge in [0.05, 0.1) is 18.1 Å². The van der Waals surface area contributed by atoms with Gasteiger partial charge in [0.2, 0.25) is 4.69 Å². The third kappa shape index (κ3) is 0.619. The van der Waals surface area contributed by atoms with Crippen LogP contribution in [-0.4, -0.2) is 17.4 Å². The molecule has 0 spiro atoms. The van der Waals surface area contributed by atoms with Crippen molar-refractivity contribution in [2.45, 2.75) is 18.9 Å². The lowest BCUT2D eigenvalue weighted by atomic mass is 9.72.